The molecule has 0 rings (SSSR count). The van der Waals surface area contributed by atoms with E-state index in [0.29, 0.717) is 13.0 Å². The lowest BCUT2D eigenvalue weighted by Crippen LogP contribution is -2.43. The topological polar surface area (TPSA) is 64.3 Å². The van der Waals surface area contributed by atoms with Crippen LogP contribution in [0.5, 0.6) is 0 Å². The van der Waals surface area contributed by atoms with E-state index >= 15 is 0 Å². The fourth-order valence-corrected chi connectivity index (χ4v) is 1.32. The number of rotatable bonds is 7. The Hall–Kier alpha value is -0.260. The monoisotopic (exact) mass is 220 g/mol. The molecule has 0 aliphatic carbocycles. The molecule has 1 amide bonds. The second-order valence-corrected chi connectivity index (χ2v) is 4.17. The van der Waals surface area contributed by atoms with Crippen LogP contribution < -0.4 is 11.1 Å². The van der Waals surface area contributed by atoms with E-state index in [1.807, 2.05) is 13.2 Å². The van der Waals surface area contributed by atoms with E-state index < -0.39 is 6.04 Å². The summed E-state index contributed by atoms with van der Waals surface area (Å²) in [6, 6.07) is -0.397. The molecular formula is C9H20N2O2S. The van der Waals surface area contributed by atoms with Crippen LogP contribution >= 0.6 is 11.8 Å². The zero-order chi connectivity index (χ0) is 11.0. The van der Waals surface area contributed by atoms with Gasteiger partial charge < -0.3 is 15.8 Å². The molecule has 0 aromatic carbocycles. The maximum atomic E-state index is 11.4. The second kappa shape index (κ2) is 8.08. The van der Waals surface area contributed by atoms with E-state index in [2.05, 4.69) is 5.32 Å². The lowest BCUT2D eigenvalue weighted by molar-refractivity contribution is -0.122. The fraction of sp³-hybridized carbons (Fsp3) is 0.889. The lowest BCUT2D eigenvalue weighted by Gasteiger charge is -2.14. The van der Waals surface area contributed by atoms with Crippen molar-refractivity contribution in [2.75, 3.05) is 25.7 Å². The van der Waals surface area contributed by atoms with Gasteiger partial charge in [-0.1, -0.05) is 0 Å². The number of thioether (sulfide) groups is 1. The first-order chi connectivity index (χ1) is 6.61. The number of ether oxygens (including phenoxy) is 1. The number of hydrogen-bond donors (Lipinski definition) is 2. The largest absolute Gasteiger partial charge is 0.380 e. The first kappa shape index (κ1) is 13.7. The Kier molecular flexibility index (Phi) is 7.93. The van der Waals surface area contributed by atoms with E-state index in [0.717, 1.165) is 5.75 Å². The van der Waals surface area contributed by atoms with Crippen molar-refractivity contribution >= 4 is 17.7 Å². The molecule has 14 heavy (non-hydrogen) atoms. The molecule has 0 spiro atoms. The van der Waals surface area contributed by atoms with Crippen LogP contribution in [0.2, 0.25) is 0 Å². The first-order valence-electron chi connectivity index (χ1n) is 4.66. The van der Waals surface area contributed by atoms with Crippen LogP contribution in [0.25, 0.3) is 0 Å². The molecule has 0 aliphatic rings. The van der Waals surface area contributed by atoms with Crippen molar-refractivity contribution in [2.24, 2.45) is 5.73 Å². The van der Waals surface area contributed by atoms with Gasteiger partial charge in [0.15, 0.2) is 0 Å². The Bertz CT molecular complexity index is 167. The molecular weight excluding hydrogens is 200 g/mol. The molecule has 0 heterocycles. The van der Waals surface area contributed by atoms with Gasteiger partial charge in [-0.2, -0.15) is 11.8 Å². The van der Waals surface area contributed by atoms with Crippen molar-refractivity contribution in [1.29, 1.82) is 0 Å². The number of amides is 1. The fourth-order valence-electron chi connectivity index (χ4n) is 0.835. The molecule has 0 fully saturated rings. The Morgan fingerprint density at radius 3 is 2.79 bits per heavy atom. The third-order valence-electron chi connectivity index (χ3n) is 1.94. The maximum absolute atomic E-state index is 11.4. The normalized spacial score (nSPS) is 14.9. The van der Waals surface area contributed by atoms with Crippen molar-refractivity contribution in [1.82, 2.24) is 5.32 Å². The molecule has 0 aliphatic heterocycles. The number of methoxy groups -OCH3 is 1. The Balaban J connectivity index is 3.61. The standard InChI is InChI=1S/C9H20N2O2S/c1-7(13-2)6-11-9(12)8(10)4-5-14-3/h7-8H,4-6,10H2,1-3H3,(H,11,12)/t7?,8-/m1/s1. The number of nitrogens with two attached hydrogens (primary N) is 1. The summed E-state index contributed by atoms with van der Waals surface area (Å²) in [6.07, 6.45) is 2.75. The number of nitrogens with one attached hydrogen (secondary N) is 1. The van der Waals surface area contributed by atoms with Crippen molar-refractivity contribution in [3.63, 3.8) is 0 Å². The molecule has 5 heteroatoms. The predicted octanol–water partition coefficient (Wildman–Crippen LogP) is 0.218. The molecule has 1 unspecified atom stereocenters. The number of hydrogen-bond acceptors (Lipinski definition) is 4. The highest BCUT2D eigenvalue weighted by Gasteiger charge is 2.12. The van der Waals surface area contributed by atoms with Gasteiger partial charge in [-0.15, -0.1) is 0 Å². The maximum Gasteiger partial charge on any atom is 0.237 e. The van der Waals surface area contributed by atoms with E-state index in [-0.39, 0.29) is 12.0 Å². The van der Waals surface area contributed by atoms with Crippen LogP contribution in [-0.2, 0) is 9.53 Å². The molecule has 0 aromatic heterocycles. The minimum Gasteiger partial charge on any atom is -0.380 e. The van der Waals surface area contributed by atoms with Crippen molar-refractivity contribution in [2.45, 2.75) is 25.5 Å². The zero-order valence-corrected chi connectivity index (χ0v) is 9.89. The molecule has 0 radical (unpaired) electrons. The van der Waals surface area contributed by atoms with E-state index in [9.17, 15) is 4.79 Å². The quantitative estimate of drug-likeness (QED) is 0.644. The lowest BCUT2D eigenvalue weighted by atomic mass is 10.2. The van der Waals surface area contributed by atoms with Crippen molar-refractivity contribution < 1.29 is 9.53 Å². The Morgan fingerprint density at radius 1 is 1.64 bits per heavy atom. The smallest absolute Gasteiger partial charge is 0.237 e. The SMILES string of the molecule is COC(C)CNC(=O)[C@H](N)CCSC. The average molecular weight is 220 g/mol. The zero-order valence-electron chi connectivity index (χ0n) is 9.08. The summed E-state index contributed by atoms with van der Waals surface area (Å²) in [5.74, 6) is 0.817. The molecule has 0 bridgehead atoms. The summed E-state index contributed by atoms with van der Waals surface area (Å²) in [4.78, 5) is 11.4. The van der Waals surface area contributed by atoms with Crippen LogP contribution in [0.1, 0.15) is 13.3 Å². The minimum atomic E-state index is -0.397. The van der Waals surface area contributed by atoms with Crippen molar-refractivity contribution in [3.8, 4) is 0 Å². The Morgan fingerprint density at radius 2 is 2.29 bits per heavy atom. The minimum absolute atomic E-state index is 0.0340. The van der Waals surface area contributed by atoms with E-state index in [1.165, 1.54) is 0 Å². The first-order valence-corrected chi connectivity index (χ1v) is 6.06. The third kappa shape index (κ3) is 6.23. The van der Waals surface area contributed by atoms with Gasteiger partial charge in [0.05, 0.1) is 12.1 Å². The Labute approximate surface area is 89.9 Å². The van der Waals surface area contributed by atoms with Crippen LogP contribution in [0, 0.1) is 0 Å². The van der Waals surface area contributed by atoms with Gasteiger partial charge in [-0.05, 0) is 25.4 Å². The number of carbonyl (C=O) groups is 1. The van der Waals surface area contributed by atoms with Crippen molar-refractivity contribution in [3.05, 3.63) is 0 Å². The number of carbonyl (C=O) groups excluding carboxylic acids is 1. The summed E-state index contributed by atoms with van der Waals surface area (Å²) in [5.41, 5.74) is 5.66. The summed E-state index contributed by atoms with van der Waals surface area (Å²) >= 11 is 1.69. The molecule has 0 aromatic rings. The molecule has 4 nitrogen and oxygen atoms in total. The summed E-state index contributed by atoms with van der Waals surface area (Å²) in [7, 11) is 1.62. The van der Waals surface area contributed by atoms with Crippen LogP contribution in [-0.4, -0.2) is 43.7 Å². The molecule has 0 saturated carbocycles. The molecule has 0 saturated heterocycles. The van der Waals surface area contributed by atoms with Gasteiger partial charge in [0.1, 0.15) is 0 Å². The summed E-state index contributed by atoms with van der Waals surface area (Å²) in [5, 5.41) is 2.74. The highest BCUT2D eigenvalue weighted by atomic mass is 32.2. The second-order valence-electron chi connectivity index (χ2n) is 3.18. The van der Waals surface area contributed by atoms with Gasteiger partial charge in [-0.25, -0.2) is 0 Å². The van der Waals surface area contributed by atoms with Crippen LogP contribution in [0.3, 0.4) is 0 Å². The van der Waals surface area contributed by atoms with E-state index in [4.69, 9.17) is 10.5 Å². The van der Waals surface area contributed by atoms with Gasteiger partial charge in [0.2, 0.25) is 5.91 Å². The highest BCUT2D eigenvalue weighted by Crippen LogP contribution is 1.98. The summed E-state index contributed by atoms with van der Waals surface area (Å²) in [6.45, 7) is 2.41. The van der Waals surface area contributed by atoms with Gasteiger partial charge >= 0.3 is 0 Å². The van der Waals surface area contributed by atoms with Crippen LogP contribution in [0.15, 0.2) is 0 Å². The average Bonchev–Trinajstić information content (AvgIpc) is 2.21. The summed E-state index contributed by atoms with van der Waals surface area (Å²) < 4.78 is 5.00. The molecule has 84 valence electrons. The molecule has 2 atom stereocenters. The van der Waals surface area contributed by atoms with Gasteiger partial charge in [0.25, 0.3) is 0 Å². The van der Waals surface area contributed by atoms with Gasteiger partial charge in [-0.3, -0.25) is 4.79 Å². The van der Waals surface area contributed by atoms with Gasteiger partial charge in [0, 0.05) is 13.7 Å². The third-order valence-corrected chi connectivity index (χ3v) is 2.58. The molecule has 3 N–H and O–H groups in total. The van der Waals surface area contributed by atoms with Crippen LogP contribution in [0.4, 0.5) is 0 Å². The predicted molar refractivity (Wildman–Crippen MR) is 60.5 cm³/mol. The highest BCUT2D eigenvalue weighted by molar-refractivity contribution is 7.98. The van der Waals surface area contributed by atoms with E-state index in [1.54, 1.807) is 18.9 Å².